The second-order valence-corrected chi connectivity index (χ2v) is 8.19. The van der Waals surface area contributed by atoms with E-state index < -0.39 is 5.97 Å². The third-order valence-electron chi connectivity index (χ3n) is 5.02. The summed E-state index contributed by atoms with van der Waals surface area (Å²) in [4.78, 5) is 29.1. The van der Waals surface area contributed by atoms with Gasteiger partial charge in [-0.15, -0.1) is 11.3 Å². The highest BCUT2D eigenvalue weighted by molar-refractivity contribution is 7.17. The molecule has 3 aromatic rings. The molecule has 0 fully saturated rings. The topological polar surface area (TPSA) is 71.8 Å². The summed E-state index contributed by atoms with van der Waals surface area (Å²) >= 11 is 1.43. The van der Waals surface area contributed by atoms with Gasteiger partial charge in [-0.25, -0.2) is 4.79 Å². The fourth-order valence-electron chi connectivity index (χ4n) is 3.52. The summed E-state index contributed by atoms with van der Waals surface area (Å²) < 4.78 is 10.4. The predicted octanol–water partition coefficient (Wildman–Crippen LogP) is 4.29. The molecule has 2 aromatic heterocycles. The van der Waals surface area contributed by atoms with Crippen LogP contribution in [0.4, 0.5) is 5.00 Å². The number of hydrogen-bond acceptors (Lipinski definition) is 6. The highest BCUT2D eigenvalue weighted by Crippen LogP contribution is 2.38. The molecule has 1 N–H and O–H groups in total. The minimum Gasteiger partial charge on any atom is -0.465 e. The number of benzene rings is 1. The van der Waals surface area contributed by atoms with Crippen molar-refractivity contribution in [3.05, 3.63) is 76.1 Å². The Morgan fingerprint density at radius 2 is 2.00 bits per heavy atom. The van der Waals surface area contributed by atoms with E-state index in [1.165, 1.54) is 18.4 Å². The van der Waals surface area contributed by atoms with Crippen LogP contribution >= 0.6 is 11.3 Å². The minimum atomic E-state index is -0.427. The summed E-state index contributed by atoms with van der Waals surface area (Å²) in [7, 11) is 3.40. The van der Waals surface area contributed by atoms with Crippen molar-refractivity contribution in [3.63, 3.8) is 0 Å². The molecule has 1 aromatic carbocycles. The Hall–Kier alpha value is -3.16. The van der Waals surface area contributed by atoms with Crippen molar-refractivity contribution in [2.75, 3.05) is 26.0 Å². The SMILES string of the molecule is COC(=O)c1c(NC(=O)/C(=C/c2ccco2)c2ccccc2)sc2c1CCN(C)C2. The molecule has 6 nitrogen and oxygen atoms in total. The zero-order chi connectivity index (χ0) is 21.1. The van der Waals surface area contributed by atoms with E-state index in [9.17, 15) is 9.59 Å². The maximum Gasteiger partial charge on any atom is 0.341 e. The number of carbonyl (C=O) groups is 2. The summed E-state index contributed by atoms with van der Waals surface area (Å²) in [6, 6.07) is 12.9. The Balaban J connectivity index is 1.72. The van der Waals surface area contributed by atoms with Gasteiger partial charge >= 0.3 is 5.97 Å². The van der Waals surface area contributed by atoms with Crippen LogP contribution in [0.15, 0.2) is 53.1 Å². The van der Waals surface area contributed by atoms with Gasteiger partial charge in [0.05, 0.1) is 24.5 Å². The predicted molar refractivity (Wildman–Crippen MR) is 117 cm³/mol. The molecule has 3 heterocycles. The number of hydrogen-bond donors (Lipinski definition) is 1. The third kappa shape index (κ3) is 4.08. The second kappa shape index (κ2) is 8.69. The van der Waals surface area contributed by atoms with E-state index in [2.05, 4.69) is 10.2 Å². The van der Waals surface area contributed by atoms with Crippen molar-refractivity contribution in [2.24, 2.45) is 0 Å². The number of likely N-dealkylation sites (N-methyl/N-ethyl adjacent to an activating group) is 1. The molecule has 0 radical (unpaired) electrons. The Morgan fingerprint density at radius 1 is 1.20 bits per heavy atom. The molecule has 1 amide bonds. The molecule has 0 atom stereocenters. The Bertz CT molecular complexity index is 1080. The van der Waals surface area contributed by atoms with Crippen LogP contribution in [0, 0.1) is 0 Å². The van der Waals surface area contributed by atoms with E-state index in [-0.39, 0.29) is 5.91 Å². The number of rotatable bonds is 5. The quantitative estimate of drug-likeness (QED) is 0.490. The van der Waals surface area contributed by atoms with Gasteiger partial charge in [-0.2, -0.15) is 0 Å². The lowest BCUT2D eigenvalue weighted by molar-refractivity contribution is -0.111. The van der Waals surface area contributed by atoms with Gasteiger partial charge in [0, 0.05) is 18.0 Å². The van der Waals surface area contributed by atoms with Gasteiger partial charge in [0.2, 0.25) is 0 Å². The average molecular weight is 423 g/mol. The molecule has 30 heavy (non-hydrogen) atoms. The first-order valence-electron chi connectivity index (χ1n) is 9.60. The monoisotopic (exact) mass is 422 g/mol. The van der Waals surface area contributed by atoms with E-state index in [0.717, 1.165) is 35.5 Å². The largest absolute Gasteiger partial charge is 0.465 e. The zero-order valence-electron chi connectivity index (χ0n) is 16.8. The molecular formula is C23H22N2O4S. The summed E-state index contributed by atoms with van der Waals surface area (Å²) in [6.07, 6.45) is 4.01. The number of esters is 1. The Labute approximate surface area is 178 Å². The van der Waals surface area contributed by atoms with Crippen LogP contribution < -0.4 is 5.32 Å². The van der Waals surface area contributed by atoms with Crippen molar-refractivity contribution >= 4 is 39.9 Å². The minimum absolute atomic E-state index is 0.310. The Kier molecular flexibility index (Phi) is 5.83. The van der Waals surface area contributed by atoms with E-state index in [1.54, 1.807) is 24.5 Å². The van der Waals surface area contributed by atoms with Gasteiger partial charge in [-0.3, -0.25) is 4.79 Å². The maximum atomic E-state index is 13.3. The number of methoxy groups -OCH3 is 1. The van der Waals surface area contributed by atoms with Crippen LogP contribution in [-0.2, 0) is 22.5 Å². The van der Waals surface area contributed by atoms with Crippen molar-refractivity contribution in [1.29, 1.82) is 0 Å². The van der Waals surface area contributed by atoms with Gasteiger partial charge in [-0.05, 0) is 42.8 Å². The van der Waals surface area contributed by atoms with E-state index >= 15 is 0 Å². The first kappa shape index (κ1) is 20.1. The first-order valence-corrected chi connectivity index (χ1v) is 10.4. The number of thiophene rings is 1. The molecule has 0 saturated carbocycles. The average Bonchev–Trinajstić information content (AvgIpc) is 3.39. The zero-order valence-corrected chi connectivity index (χ0v) is 17.6. The van der Waals surface area contributed by atoms with Crippen molar-refractivity contribution < 1.29 is 18.7 Å². The number of furan rings is 1. The summed E-state index contributed by atoms with van der Waals surface area (Å²) in [6.45, 7) is 1.60. The van der Waals surface area contributed by atoms with Gasteiger partial charge in [-0.1, -0.05) is 30.3 Å². The highest BCUT2D eigenvalue weighted by Gasteiger charge is 2.29. The van der Waals surface area contributed by atoms with Gasteiger partial charge in [0.15, 0.2) is 0 Å². The number of carbonyl (C=O) groups excluding carboxylic acids is 2. The fraction of sp³-hybridized carbons (Fsp3) is 0.217. The lowest BCUT2D eigenvalue weighted by Crippen LogP contribution is -2.26. The Morgan fingerprint density at radius 3 is 2.70 bits per heavy atom. The van der Waals surface area contributed by atoms with Crippen LogP contribution in [0.3, 0.4) is 0 Å². The highest BCUT2D eigenvalue weighted by atomic mass is 32.1. The van der Waals surface area contributed by atoms with Gasteiger partial charge in [0.25, 0.3) is 5.91 Å². The van der Waals surface area contributed by atoms with Crippen molar-refractivity contribution in [3.8, 4) is 0 Å². The number of anilines is 1. The van der Waals surface area contributed by atoms with Gasteiger partial charge in [0.1, 0.15) is 10.8 Å². The molecular weight excluding hydrogens is 400 g/mol. The lowest BCUT2D eigenvalue weighted by atomic mass is 10.0. The molecule has 0 bridgehead atoms. The standard InChI is InChI=1S/C23H22N2O4S/c1-25-11-10-17-19(14-25)30-22(20(17)23(27)28-2)24-21(26)18(13-16-9-6-12-29-16)15-7-4-3-5-8-15/h3-9,12-13H,10-11,14H2,1-2H3,(H,24,26)/b18-13+. The van der Waals surface area contributed by atoms with E-state index in [4.69, 9.17) is 9.15 Å². The summed E-state index contributed by atoms with van der Waals surface area (Å²) in [5, 5.41) is 3.48. The molecule has 0 spiro atoms. The van der Waals surface area contributed by atoms with E-state index in [1.807, 2.05) is 37.4 Å². The smallest absolute Gasteiger partial charge is 0.341 e. The number of amides is 1. The normalized spacial score (nSPS) is 14.3. The van der Waals surface area contributed by atoms with E-state index in [0.29, 0.717) is 21.9 Å². The second-order valence-electron chi connectivity index (χ2n) is 7.08. The van der Waals surface area contributed by atoms with Crippen molar-refractivity contribution in [2.45, 2.75) is 13.0 Å². The van der Waals surface area contributed by atoms with Crippen LogP contribution in [0.2, 0.25) is 0 Å². The van der Waals surface area contributed by atoms with Crippen molar-refractivity contribution in [1.82, 2.24) is 4.90 Å². The molecule has 7 heteroatoms. The molecule has 0 unspecified atom stereocenters. The molecule has 4 rings (SSSR count). The molecule has 0 saturated heterocycles. The summed E-state index contributed by atoms with van der Waals surface area (Å²) in [5.74, 6) is -0.164. The molecule has 1 aliphatic rings. The molecule has 154 valence electrons. The number of fused-ring (bicyclic) bond motifs is 1. The van der Waals surface area contributed by atoms with Crippen LogP contribution in [0.25, 0.3) is 11.6 Å². The fourth-order valence-corrected chi connectivity index (χ4v) is 4.83. The number of ether oxygens (including phenoxy) is 1. The third-order valence-corrected chi connectivity index (χ3v) is 6.16. The molecule has 0 aliphatic carbocycles. The number of nitrogens with one attached hydrogen (secondary N) is 1. The number of nitrogens with zero attached hydrogens (tertiary/aromatic N) is 1. The van der Waals surface area contributed by atoms with Gasteiger partial charge < -0.3 is 19.4 Å². The lowest BCUT2D eigenvalue weighted by Gasteiger charge is -2.22. The maximum absolute atomic E-state index is 13.3. The van der Waals surface area contributed by atoms with Crippen LogP contribution in [0.1, 0.15) is 32.1 Å². The summed E-state index contributed by atoms with van der Waals surface area (Å²) in [5.41, 5.74) is 2.64. The molecule has 1 aliphatic heterocycles. The first-order chi connectivity index (χ1) is 14.6. The van der Waals surface area contributed by atoms with Crippen LogP contribution in [-0.4, -0.2) is 37.5 Å². The van der Waals surface area contributed by atoms with Crippen LogP contribution in [0.5, 0.6) is 0 Å².